The fourth-order valence-electron chi connectivity index (χ4n) is 6.43. The van der Waals surface area contributed by atoms with Gasteiger partial charge in [0, 0.05) is 17.3 Å². The lowest BCUT2D eigenvalue weighted by Gasteiger charge is -2.40. The smallest absolute Gasteiger partial charge is 0.410 e. The quantitative estimate of drug-likeness (QED) is 0.767. The van der Waals surface area contributed by atoms with Crippen molar-refractivity contribution in [1.29, 1.82) is 0 Å². The summed E-state index contributed by atoms with van der Waals surface area (Å²) in [6, 6.07) is 17.2. The minimum Gasteiger partial charge on any atom is -0.410 e. The Balaban J connectivity index is 1.56. The van der Waals surface area contributed by atoms with Crippen LogP contribution in [0.15, 0.2) is 78.2 Å². The van der Waals surface area contributed by atoms with Crippen LogP contribution in [0.5, 0.6) is 0 Å². The van der Waals surface area contributed by atoms with Gasteiger partial charge in [-0.05, 0) is 48.1 Å². The lowest BCUT2D eigenvalue weighted by Crippen LogP contribution is -2.53. The monoisotopic (exact) mass is 424 g/mol. The number of anilines is 1. The Morgan fingerprint density at radius 3 is 2.55 bits per heavy atom. The summed E-state index contributed by atoms with van der Waals surface area (Å²) in [5.41, 5.74) is 1.31. The molecule has 2 aromatic rings. The molecule has 1 saturated carbocycles. The third kappa shape index (κ3) is 2.29. The van der Waals surface area contributed by atoms with Gasteiger partial charge in [-0.1, -0.05) is 48.5 Å². The average molecular weight is 424 g/mol. The second-order valence-corrected chi connectivity index (χ2v) is 8.67. The predicted molar refractivity (Wildman–Crippen MR) is 108 cm³/mol. The summed E-state index contributed by atoms with van der Waals surface area (Å²) in [5, 5.41) is 6.38. The third-order valence-corrected chi connectivity index (χ3v) is 7.24. The number of fused-ring (bicyclic) bond motifs is 1. The first-order valence-electron chi connectivity index (χ1n) is 10.3. The number of allylic oxidation sites excluding steroid dienone is 3. The minimum atomic E-state index is -4.81. The van der Waals surface area contributed by atoms with Crippen LogP contribution >= 0.6 is 0 Å². The molecule has 2 aliphatic carbocycles. The van der Waals surface area contributed by atoms with Crippen LogP contribution in [0.2, 0.25) is 0 Å². The molecular weight excluding hydrogens is 405 g/mol. The van der Waals surface area contributed by atoms with Crippen molar-refractivity contribution in [1.82, 2.24) is 5.32 Å². The molecule has 0 radical (unpaired) electrons. The van der Waals surface area contributed by atoms with E-state index in [2.05, 4.69) is 15.4 Å². The predicted octanol–water partition coefficient (Wildman–Crippen LogP) is 4.42. The highest BCUT2D eigenvalue weighted by Gasteiger charge is 2.78. The van der Waals surface area contributed by atoms with Crippen LogP contribution in [0.3, 0.4) is 0 Å². The van der Waals surface area contributed by atoms with E-state index >= 15 is 0 Å². The summed E-state index contributed by atoms with van der Waals surface area (Å²) in [7, 11) is 0. The number of rotatable bonds is 3. The maximum atomic E-state index is 13.4. The number of ether oxygens (including phenoxy) is 1. The summed E-state index contributed by atoms with van der Waals surface area (Å²) in [4.78, 5) is 13.4. The molecule has 4 atom stereocenters. The normalized spacial score (nSPS) is 32.3. The first kappa shape index (κ1) is 18.5. The Labute approximate surface area is 176 Å². The number of hydrogen-bond acceptors (Lipinski definition) is 3. The van der Waals surface area contributed by atoms with Crippen molar-refractivity contribution in [3.8, 4) is 0 Å². The first-order chi connectivity index (χ1) is 14.8. The highest BCUT2D eigenvalue weighted by atomic mass is 19.4. The molecular formula is C24H19F3N2O2. The van der Waals surface area contributed by atoms with E-state index in [1.807, 2.05) is 54.6 Å². The van der Waals surface area contributed by atoms with Crippen molar-refractivity contribution in [2.75, 3.05) is 5.32 Å². The van der Waals surface area contributed by atoms with E-state index in [1.54, 1.807) is 6.08 Å². The Kier molecular flexibility index (Phi) is 3.55. The molecule has 6 rings (SSSR count). The van der Waals surface area contributed by atoms with Gasteiger partial charge in [-0.15, -0.1) is 13.2 Å². The van der Waals surface area contributed by atoms with Gasteiger partial charge in [0.1, 0.15) is 11.3 Å². The second-order valence-electron chi connectivity index (χ2n) is 8.67. The van der Waals surface area contributed by atoms with Gasteiger partial charge in [-0.25, -0.2) is 0 Å². The Hall–Kier alpha value is -3.22. The van der Waals surface area contributed by atoms with Crippen molar-refractivity contribution in [3.63, 3.8) is 0 Å². The zero-order valence-electron chi connectivity index (χ0n) is 16.4. The third-order valence-electron chi connectivity index (χ3n) is 7.24. The number of para-hydroxylation sites is 1. The fraction of sp³-hybridized carbons (Fsp3) is 0.292. The summed E-state index contributed by atoms with van der Waals surface area (Å²) < 4.78 is 44.8. The molecule has 2 aliphatic heterocycles. The highest BCUT2D eigenvalue weighted by molar-refractivity contribution is 6.03. The standard InChI is InChI=1S/C24H19F3N2O2/c25-24(26,27)31-18-10-11-19-23-16-8-4-5-9-17(16)29-22(23,21(30)28-19)13-15(20(18)23)12-14-6-2-1-3-7-14/h1-11,15,20,29H,12-13H2,(H,28,30)/t15-,20-,22-,23+/m1/s1. The topological polar surface area (TPSA) is 50.4 Å². The molecule has 0 unspecified atom stereocenters. The zero-order valence-corrected chi connectivity index (χ0v) is 16.4. The summed E-state index contributed by atoms with van der Waals surface area (Å²) in [5.74, 6) is -1.18. The zero-order chi connectivity index (χ0) is 21.4. The number of carbonyl (C=O) groups is 1. The molecule has 2 heterocycles. The largest absolute Gasteiger partial charge is 0.572 e. The molecule has 158 valence electrons. The van der Waals surface area contributed by atoms with Crippen molar-refractivity contribution in [3.05, 3.63) is 89.3 Å². The molecule has 1 saturated heterocycles. The van der Waals surface area contributed by atoms with Crippen LogP contribution in [-0.2, 0) is 21.4 Å². The van der Waals surface area contributed by atoms with E-state index in [9.17, 15) is 18.0 Å². The molecule has 0 bridgehead atoms. The molecule has 2 aromatic carbocycles. The van der Waals surface area contributed by atoms with Gasteiger partial charge < -0.3 is 15.4 Å². The molecule has 4 nitrogen and oxygen atoms in total. The Morgan fingerprint density at radius 1 is 1.03 bits per heavy atom. The minimum absolute atomic E-state index is 0.131. The van der Waals surface area contributed by atoms with Crippen LogP contribution in [0.25, 0.3) is 0 Å². The van der Waals surface area contributed by atoms with E-state index in [-0.39, 0.29) is 17.6 Å². The molecule has 4 aliphatic rings. The molecule has 0 aromatic heterocycles. The molecule has 2 N–H and O–H groups in total. The van der Waals surface area contributed by atoms with Gasteiger partial charge >= 0.3 is 6.36 Å². The summed E-state index contributed by atoms with van der Waals surface area (Å²) >= 11 is 0. The number of nitrogens with one attached hydrogen (secondary N) is 2. The average Bonchev–Trinajstić information content (AvgIpc) is 3.26. The van der Waals surface area contributed by atoms with Crippen molar-refractivity contribution >= 4 is 11.6 Å². The van der Waals surface area contributed by atoms with Gasteiger partial charge in [-0.2, -0.15) is 0 Å². The summed E-state index contributed by atoms with van der Waals surface area (Å²) in [6.07, 6.45) is -0.899. The number of halogens is 3. The molecule has 2 fully saturated rings. The van der Waals surface area contributed by atoms with Gasteiger partial charge in [0.2, 0.25) is 0 Å². The highest BCUT2D eigenvalue weighted by Crippen LogP contribution is 2.70. The number of carbonyl (C=O) groups excluding carboxylic acids is 1. The van der Waals surface area contributed by atoms with Gasteiger partial charge in [-0.3, -0.25) is 4.79 Å². The second kappa shape index (κ2) is 5.93. The first-order valence-corrected chi connectivity index (χ1v) is 10.3. The maximum Gasteiger partial charge on any atom is 0.572 e. The SMILES string of the molecule is O=C1NC2=CC=C(OC(F)(F)F)[C@H]3[C@H](Cc4ccccc4)C[C@@]14Nc1ccccc1[C@]234. The lowest BCUT2D eigenvalue weighted by atomic mass is 9.62. The lowest BCUT2D eigenvalue weighted by molar-refractivity contribution is -0.310. The Bertz CT molecular complexity index is 1160. The summed E-state index contributed by atoms with van der Waals surface area (Å²) in [6.45, 7) is 0. The molecule has 31 heavy (non-hydrogen) atoms. The van der Waals surface area contributed by atoms with Crippen molar-refractivity contribution in [2.24, 2.45) is 11.8 Å². The van der Waals surface area contributed by atoms with E-state index in [4.69, 9.17) is 0 Å². The van der Waals surface area contributed by atoms with Crippen LogP contribution in [0.4, 0.5) is 18.9 Å². The van der Waals surface area contributed by atoms with Crippen LogP contribution < -0.4 is 10.6 Å². The fourth-order valence-corrected chi connectivity index (χ4v) is 6.43. The van der Waals surface area contributed by atoms with E-state index < -0.39 is 23.2 Å². The van der Waals surface area contributed by atoms with Crippen molar-refractivity contribution in [2.45, 2.75) is 30.2 Å². The van der Waals surface area contributed by atoms with Crippen LogP contribution in [0.1, 0.15) is 17.5 Å². The van der Waals surface area contributed by atoms with E-state index in [0.29, 0.717) is 18.5 Å². The number of benzene rings is 2. The van der Waals surface area contributed by atoms with Gasteiger partial charge in [0.15, 0.2) is 0 Å². The van der Waals surface area contributed by atoms with Crippen LogP contribution in [-0.4, -0.2) is 17.8 Å². The van der Waals surface area contributed by atoms with Gasteiger partial charge in [0.05, 0.1) is 5.41 Å². The van der Waals surface area contributed by atoms with E-state index in [0.717, 1.165) is 16.8 Å². The molecule has 1 amide bonds. The number of alkyl halides is 3. The Morgan fingerprint density at radius 2 is 1.77 bits per heavy atom. The number of amides is 1. The number of hydrogen-bond donors (Lipinski definition) is 2. The molecule has 1 spiro atoms. The van der Waals surface area contributed by atoms with Crippen molar-refractivity contribution < 1.29 is 22.7 Å². The van der Waals surface area contributed by atoms with Gasteiger partial charge in [0.25, 0.3) is 5.91 Å². The maximum absolute atomic E-state index is 13.4. The van der Waals surface area contributed by atoms with E-state index in [1.165, 1.54) is 6.08 Å². The molecule has 7 heteroatoms. The van der Waals surface area contributed by atoms with Crippen LogP contribution in [0, 0.1) is 11.8 Å².